The lowest BCUT2D eigenvalue weighted by atomic mass is 9.99. The van der Waals surface area contributed by atoms with Crippen LogP contribution in [0.2, 0.25) is 0 Å². The lowest BCUT2D eigenvalue weighted by molar-refractivity contribution is -0.161. The molecule has 3 N–H and O–H groups in total. The third-order valence-electron chi connectivity index (χ3n) is 22.2. The van der Waals surface area contributed by atoms with Gasteiger partial charge in [-0.2, -0.15) is 0 Å². The number of carbonyl (C=O) groups excluding carboxylic acids is 4. The van der Waals surface area contributed by atoms with Gasteiger partial charge in [-0.05, 0) is 37.5 Å². The first kappa shape index (κ1) is 108. The van der Waals surface area contributed by atoms with Crippen molar-refractivity contribution in [3.63, 3.8) is 0 Å². The summed E-state index contributed by atoms with van der Waals surface area (Å²) in [7, 11) is -9.92. The van der Waals surface area contributed by atoms with Crippen LogP contribution in [0, 0.1) is 11.8 Å². The van der Waals surface area contributed by atoms with Crippen molar-refractivity contribution in [1.82, 2.24) is 0 Å². The maximum Gasteiger partial charge on any atom is 0.472 e. The van der Waals surface area contributed by atoms with Gasteiger partial charge in [0, 0.05) is 25.7 Å². The number of hydrogen-bond acceptors (Lipinski definition) is 15. The Morgan fingerprint density at radius 3 is 0.645 bits per heavy atom. The molecule has 7 atom stereocenters. The van der Waals surface area contributed by atoms with Crippen LogP contribution in [0.5, 0.6) is 0 Å². The van der Waals surface area contributed by atoms with E-state index < -0.39 is 97.5 Å². The molecule has 654 valence electrons. The van der Waals surface area contributed by atoms with Gasteiger partial charge in [0.2, 0.25) is 0 Å². The summed E-state index contributed by atoms with van der Waals surface area (Å²) in [5, 5.41) is 10.7. The van der Waals surface area contributed by atoms with Crippen LogP contribution in [0.15, 0.2) is 0 Å². The van der Waals surface area contributed by atoms with Crippen molar-refractivity contribution in [1.29, 1.82) is 0 Å². The molecule has 0 aromatic rings. The van der Waals surface area contributed by atoms with Crippen LogP contribution in [0.25, 0.3) is 0 Å². The number of aliphatic hydroxyl groups excluding tert-OH is 1. The molecule has 0 aliphatic carbocycles. The van der Waals surface area contributed by atoms with Crippen molar-refractivity contribution in [2.24, 2.45) is 11.8 Å². The topological polar surface area (TPSA) is 237 Å². The molecule has 17 nitrogen and oxygen atoms in total. The number of ether oxygens (including phenoxy) is 4. The quantitative estimate of drug-likeness (QED) is 0.0222. The molecule has 0 bridgehead atoms. The Hall–Kier alpha value is -1.94. The minimum Gasteiger partial charge on any atom is -0.462 e. The number of aliphatic hydroxyl groups is 1. The molecule has 0 rings (SSSR count). The van der Waals surface area contributed by atoms with E-state index in [9.17, 15) is 43.2 Å². The number of phosphoric ester groups is 2. The second kappa shape index (κ2) is 82.2. The molecular weight excluding hydrogens is 1430 g/mol. The maximum atomic E-state index is 13.2. The van der Waals surface area contributed by atoms with Gasteiger partial charge < -0.3 is 33.8 Å². The largest absolute Gasteiger partial charge is 0.472 e. The molecule has 0 amide bonds. The summed E-state index contributed by atoms with van der Waals surface area (Å²) in [5.74, 6) is -0.365. The third kappa shape index (κ3) is 81.2. The minimum atomic E-state index is -4.97. The summed E-state index contributed by atoms with van der Waals surface area (Å²) in [6, 6.07) is 0. The van der Waals surface area contributed by atoms with E-state index in [0.717, 1.165) is 108 Å². The zero-order valence-corrected chi connectivity index (χ0v) is 74.4. The Kier molecular flexibility index (Phi) is 80.7. The van der Waals surface area contributed by atoms with E-state index >= 15 is 0 Å². The Balaban J connectivity index is 5.08. The van der Waals surface area contributed by atoms with Gasteiger partial charge in [0.15, 0.2) is 12.2 Å². The molecular formula is C91H178O17P2. The van der Waals surface area contributed by atoms with Gasteiger partial charge in [0.05, 0.1) is 26.4 Å². The van der Waals surface area contributed by atoms with Crippen LogP contribution in [0.1, 0.15) is 491 Å². The van der Waals surface area contributed by atoms with Gasteiger partial charge in [-0.3, -0.25) is 37.3 Å². The molecule has 0 radical (unpaired) electrons. The average molecular weight is 1610 g/mol. The lowest BCUT2D eigenvalue weighted by Gasteiger charge is -2.21. The summed E-state index contributed by atoms with van der Waals surface area (Å²) in [6.07, 6.45) is 77.0. The Labute approximate surface area is 677 Å². The SMILES string of the molecule is CCCCCCCCCCCCCCCCCCCCCCCC(=O)O[C@H](COC(=O)CCCCCCC)COP(=O)(O)OC[C@H](O)COP(=O)(O)OC[C@@H](COC(=O)CCCCCCCCCCCCCCCCCCCCC(C)CC)OC(=O)CCCCCCCCCCCCCCCCCCCCC(C)CC. The fraction of sp³-hybridized carbons (Fsp3) is 0.956. The van der Waals surface area contributed by atoms with Crippen molar-refractivity contribution in [3.05, 3.63) is 0 Å². The van der Waals surface area contributed by atoms with E-state index in [0.29, 0.717) is 25.7 Å². The molecule has 0 spiro atoms. The number of esters is 4. The van der Waals surface area contributed by atoms with Gasteiger partial charge in [-0.15, -0.1) is 0 Å². The fourth-order valence-electron chi connectivity index (χ4n) is 14.2. The van der Waals surface area contributed by atoms with E-state index in [-0.39, 0.29) is 25.7 Å². The second-order valence-corrected chi connectivity index (χ2v) is 36.1. The smallest absolute Gasteiger partial charge is 0.462 e. The molecule has 0 aliphatic heterocycles. The van der Waals surface area contributed by atoms with Crippen molar-refractivity contribution in [3.8, 4) is 0 Å². The maximum absolute atomic E-state index is 13.2. The van der Waals surface area contributed by atoms with Crippen LogP contribution in [-0.2, 0) is 65.4 Å². The minimum absolute atomic E-state index is 0.108. The highest BCUT2D eigenvalue weighted by atomic mass is 31.2. The summed E-state index contributed by atoms with van der Waals surface area (Å²) < 4.78 is 68.8. The molecule has 0 saturated carbocycles. The zero-order valence-electron chi connectivity index (χ0n) is 72.6. The average Bonchev–Trinajstić information content (AvgIpc) is 0.899. The van der Waals surface area contributed by atoms with E-state index in [2.05, 4.69) is 41.5 Å². The normalized spacial score (nSPS) is 14.2. The van der Waals surface area contributed by atoms with Gasteiger partial charge >= 0.3 is 39.5 Å². The highest BCUT2D eigenvalue weighted by Crippen LogP contribution is 2.45. The van der Waals surface area contributed by atoms with Crippen molar-refractivity contribution in [2.75, 3.05) is 39.6 Å². The van der Waals surface area contributed by atoms with Crippen LogP contribution >= 0.6 is 15.6 Å². The summed E-state index contributed by atoms with van der Waals surface area (Å²) in [6.45, 7) is 9.74. The van der Waals surface area contributed by atoms with E-state index in [1.807, 2.05) is 0 Å². The molecule has 0 aromatic carbocycles. The zero-order chi connectivity index (χ0) is 80.6. The Morgan fingerprint density at radius 2 is 0.436 bits per heavy atom. The summed E-state index contributed by atoms with van der Waals surface area (Å²) in [4.78, 5) is 73.0. The monoisotopic (exact) mass is 1610 g/mol. The first-order chi connectivity index (χ1) is 53.4. The van der Waals surface area contributed by atoms with E-state index in [4.69, 9.17) is 37.0 Å². The molecule has 110 heavy (non-hydrogen) atoms. The number of rotatable bonds is 90. The molecule has 0 fully saturated rings. The van der Waals surface area contributed by atoms with Crippen LogP contribution < -0.4 is 0 Å². The van der Waals surface area contributed by atoms with E-state index in [1.54, 1.807) is 0 Å². The number of hydrogen-bond donors (Lipinski definition) is 3. The Bertz CT molecular complexity index is 2100. The Morgan fingerprint density at radius 1 is 0.255 bits per heavy atom. The predicted molar refractivity (Wildman–Crippen MR) is 455 cm³/mol. The van der Waals surface area contributed by atoms with Gasteiger partial charge in [-0.1, -0.05) is 440 Å². The van der Waals surface area contributed by atoms with Crippen molar-refractivity contribution >= 4 is 39.5 Å². The van der Waals surface area contributed by atoms with Crippen LogP contribution in [0.3, 0.4) is 0 Å². The summed E-state index contributed by atoms with van der Waals surface area (Å²) in [5.41, 5.74) is 0. The lowest BCUT2D eigenvalue weighted by Crippen LogP contribution is -2.30. The number of phosphoric acid groups is 2. The van der Waals surface area contributed by atoms with Crippen LogP contribution in [-0.4, -0.2) is 96.7 Å². The summed E-state index contributed by atoms with van der Waals surface area (Å²) >= 11 is 0. The number of carbonyl (C=O) groups is 4. The first-order valence-electron chi connectivity index (χ1n) is 47.1. The number of unbranched alkanes of at least 4 members (excludes halogenated alkanes) is 58. The molecule has 4 unspecified atom stereocenters. The van der Waals surface area contributed by atoms with Crippen LogP contribution in [0.4, 0.5) is 0 Å². The van der Waals surface area contributed by atoms with Crippen molar-refractivity contribution < 1.29 is 80.2 Å². The molecule has 0 saturated heterocycles. The molecule has 0 aliphatic rings. The van der Waals surface area contributed by atoms with E-state index in [1.165, 1.54) is 302 Å². The highest BCUT2D eigenvalue weighted by Gasteiger charge is 2.31. The highest BCUT2D eigenvalue weighted by molar-refractivity contribution is 7.47. The van der Waals surface area contributed by atoms with Gasteiger partial charge in [-0.25, -0.2) is 9.13 Å². The first-order valence-corrected chi connectivity index (χ1v) is 50.1. The predicted octanol–water partition coefficient (Wildman–Crippen LogP) is 28.2. The van der Waals surface area contributed by atoms with Gasteiger partial charge in [0.1, 0.15) is 19.3 Å². The molecule has 19 heteroatoms. The third-order valence-corrected chi connectivity index (χ3v) is 24.1. The standard InChI is InChI=1S/C91H178O17P2/c1-7-11-13-15-16-17-18-19-20-21-22-23-24-32-37-42-47-52-57-63-69-75-90(95)107-86(79-101-88(93)73-67-59-14-12-8-2)81-105-109(97,98)103-77-85(92)78-104-110(99,100)106-82-87(108-91(96)76-70-64-58-53-48-43-38-33-28-26-30-35-40-45-50-55-61-66-72-84(6)10-4)80-102-89(94)74-68-62-56-51-46-41-36-31-27-25-29-34-39-44-49-54-60-65-71-83(5)9-3/h83-87,92H,7-82H2,1-6H3,(H,97,98)(H,99,100)/t83?,84?,85-,86+,87+/m0/s1. The molecule has 0 heterocycles. The van der Waals surface area contributed by atoms with Crippen molar-refractivity contribution in [2.45, 2.75) is 509 Å². The second-order valence-electron chi connectivity index (χ2n) is 33.2. The molecule has 0 aromatic heterocycles. The fourth-order valence-corrected chi connectivity index (χ4v) is 15.8. The van der Waals surface area contributed by atoms with Gasteiger partial charge in [0.25, 0.3) is 0 Å².